The average molecular weight is 829 g/mol. The van der Waals surface area contributed by atoms with E-state index in [4.69, 9.17) is 18.9 Å². The van der Waals surface area contributed by atoms with Crippen molar-refractivity contribution >= 4 is 5.97 Å². The lowest BCUT2D eigenvalue weighted by molar-refractivity contribution is -0.374. The van der Waals surface area contributed by atoms with Crippen LogP contribution in [-0.2, 0) is 23.7 Å². The topological polar surface area (TPSA) is 236 Å². The van der Waals surface area contributed by atoms with E-state index in [9.17, 15) is 50.8 Å². The summed E-state index contributed by atoms with van der Waals surface area (Å²) < 4.78 is 23.8. The molecule has 0 radical (unpaired) electrons. The van der Waals surface area contributed by atoms with Gasteiger partial charge in [0.05, 0.1) is 25.4 Å². The number of aliphatic hydroxyl groups is 8. The molecule has 336 valence electrons. The van der Waals surface area contributed by atoms with Crippen molar-refractivity contribution in [1.29, 1.82) is 0 Å². The fourth-order valence-electron chi connectivity index (χ4n) is 12.3. The minimum Gasteiger partial charge on any atom is -0.479 e. The number of ether oxygens (including phenoxy) is 4. The van der Waals surface area contributed by atoms with Gasteiger partial charge >= 0.3 is 5.97 Å². The van der Waals surface area contributed by atoms with Crippen LogP contribution in [0.1, 0.15) is 127 Å². The van der Waals surface area contributed by atoms with Gasteiger partial charge in [-0.05, 0) is 85.4 Å². The SMILES string of the molecule is CCC(C/C=C1/C2CC(C)(C)CC(O)C2(C)CCC1(C)CC)C1(C)CCC(OC2OC(C(=O)O)C(O)C(O)C2OC2OC(CO)C(O)C(O)C2O)C(C)(CO)C1CC. The Hall–Kier alpha value is -1.27. The Bertz CT molecular complexity index is 1440. The van der Waals surface area contributed by atoms with Crippen molar-refractivity contribution in [2.75, 3.05) is 13.2 Å². The maximum atomic E-state index is 12.2. The zero-order valence-corrected chi connectivity index (χ0v) is 36.3. The van der Waals surface area contributed by atoms with Crippen LogP contribution in [0.3, 0.4) is 0 Å². The van der Waals surface area contributed by atoms with Crippen LogP contribution in [0.4, 0.5) is 0 Å². The molecule has 3 aliphatic carbocycles. The molecular formula is C44H76O14. The van der Waals surface area contributed by atoms with Crippen molar-refractivity contribution in [2.24, 2.45) is 44.8 Å². The molecule has 5 rings (SSSR count). The first kappa shape index (κ1) is 47.8. The number of carbonyl (C=O) groups is 1. The summed E-state index contributed by atoms with van der Waals surface area (Å²) in [5.74, 6) is -1.13. The second kappa shape index (κ2) is 17.8. The molecule has 2 saturated heterocycles. The summed E-state index contributed by atoms with van der Waals surface area (Å²) in [5, 5.41) is 96.0. The van der Waals surface area contributed by atoms with Gasteiger partial charge in [0.25, 0.3) is 0 Å². The molecule has 14 heteroatoms. The summed E-state index contributed by atoms with van der Waals surface area (Å²) in [5.41, 5.74) is 0.208. The summed E-state index contributed by atoms with van der Waals surface area (Å²) in [6, 6.07) is 0. The largest absolute Gasteiger partial charge is 0.479 e. The van der Waals surface area contributed by atoms with E-state index in [1.807, 2.05) is 6.92 Å². The lowest BCUT2D eigenvalue weighted by atomic mass is 9.47. The fraction of sp³-hybridized carbons (Fsp3) is 0.932. The van der Waals surface area contributed by atoms with Crippen LogP contribution < -0.4 is 0 Å². The van der Waals surface area contributed by atoms with Gasteiger partial charge < -0.3 is 64.9 Å². The van der Waals surface area contributed by atoms with E-state index in [0.717, 1.165) is 44.9 Å². The van der Waals surface area contributed by atoms with Crippen molar-refractivity contribution in [3.63, 3.8) is 0 Å². The zero-order chi connectivity index (χ0) is 43.3. The number of carboxylic acids is 1. The number of rotatable bonds is 13. The number of aliphatic hydroxyl groups excluding tert-OH is 8. The van der Waals surface area contributed by atoms with Crippen LogP contribution in [0.25, 0.3) is 0 Å². The molecule has 2 aliphatic heterocycles. The van der Waals surface area contributed by atoms with Gasteiger partial charge in [0, 0.05) is 10.8 Å². The van der Waals surface area contributed by atoms with Crippen molar-refractivity contribution in [1.82, 2.24) is 0 Å². The van der Waals surface area contributed by atoms with Crippen molar-refractivity contribution in [3.8, 4) is 0 Å². The van der Waals surface area contributed by atoms with Gasteiger partial charge in [0.2, 0.25) is 0 Å². The molecule has 2 heterocycles. The summed E-state index contributed by atoms with van der Waals surface area (Å²) in [6.45, 7) is 19.1. The summed E-state index contributed by atoms with van der Waals surface area (Å²) in [6.07, 6.45) is -7.61. The minimum absolute atomic E-state index is 0.0268. The minimum atomic E-state index is -1.98. The van der Waals surface area contributed by atoms with Crippen LogP contribution in [0.5, 0.6) is 0 Å². The molecule has 9 N–H and O–H groups in total. The van der Waals surface area contributed by atoms with Gasteiger partial charge in [-0.2, -0.15) is 0 Å². The van der Waals surface area contributed by atoms with Crippen LogP contribution in [-0.4, -0.2) is 139 Å². The summed E-state index contributed by atoms with van der Waals surface area (Å²) in [4.78, 5) is 12.2. The van der Waals surface area contributed by atoms with E-state index in [1.54, 1.807) is 0 Å². The molecule has 58 heavy (non-hydrogen) atoms. The summed E-state index contributed by atoms with van der Waals surface area (Å²) >= 11 is 0. The third kappa shape index (κ3) is 8.45. The first-order chi connectivity index (χ1) is 27.0. The van der Waals surface area contributed by atoms with Crippen molar-refractivity contribution in [2.45, 2.75) is 200 Å². The van der Waals surface area contributed by atoms with Gasteiger partial charge in [0.1, 0.15) is 42.7 Å². The number of allylic oxidation sites excluding steroid dienone is 2. The number of carboxylic acid groups (broad SMARTS) is 1. The normalized spacial score (nSPS) is 49.6. The quantitative estimate of drug-likeness (QED) is 0.121. The van der Waals surface area contributed by atoms with Crippen LogP contribution in [0.2, 0.25) is 0 Å². The Morgan fingerprint density at radius 3 is 2.07 bits per heavy atom. The van der Waals surface area contributed by atoms with Gasteiger partial charge in [-0.3, -0.25) is 0 Å². The molecule has 19 atom stereocenters. The molecule has 19 unspecified atom stereocenters. The smallest absolute Gasteiger partial charge is 0.335 e. The maximum Gasteiger partial charge on any atom is 0.335 e. The summed E-state index contributed by atoms with van der Waals surface area (Å²) in [7, 11) is 0. The van der Waals surface area contributed by atoms with E-state index < -0.39 is 85.5 Å². The molecule has 0 aromatic rings. The molecule has 0 amide bonds. The molecule has 5 fully saturated rings. The average Bonchev–Trinajstić information content (AvgIpc) is 3.17. The fourth-order valence-corrected chi connectivity index (χ4v) is 12.3. The third-order valence-corrected chi connectivity index (χ3v) is 16.4. The zero-order valence-electron chi connectivity index (χ0n) is 36.3. The molecule has 0 spiro atoms. The van der Waals surface area contributed by atoms with Crippen molar-refractivity contribution < 1.29 is 69.7 Å². The molecule has 14 nitrogen and oxygen atoms in total. The molecule has 0 bridgehead atoms. The van der Waals surface area contributed by atoms with Crippen LogP contribution >= 0.6 is 0 Å². The standard InChI is InChI=1S/C44H76O14/c1-10-23(13-14-24-25-19-40(4,5)20-28(47)43(25,8)18-17-41(24,6)12-3)42(7)16-15-29(44(9,22-46)27(42)11-2)56-39-36(33(51)32(50)35(57-39)37(53)54)58-38-34(52)31(49)30(48)26(21-45)55-38/h14,23,25-36,38-39,45-52H,10-13,15-22H2,1-9H3,(H,53,54)/b24-14-. The van der Waals surface area contributed by atoms with E-state index in [1.165, 1.54) is 5.57 Å². The molecule has 0 aromatic carbocycles. The number of aliphatic carboxylic acids is 1. The highest BCUT2D eigenvalue weighted by Crippen LogP contribution is 2.63. The highest BCUT2D eigenvalue weighted by Gasteiger charge is 2.60. The molecular weight excluding hydrogens is 752 g/mol. The van der Waals surface area contributed by atoms with E-state index in [2.05, 4.69) is 61.5 Å². The Balaban J connectivity index is 1.44. The number of hydrogen-bond acceptors (Lipinski definition) is 13. The Kier molecular flexibility index (Phi) is 14.7. The Morgan fingerprint density at radius 2 is 1.50 bits per heavy atom. The lowest BCUT2D eigenvalue weighted by Gasteiger charge is -2.59. The monoisotopic (exact) mass is 829 g/mol. The van der Waals surface area contributed by atoms with Gasteiger partial charge in [-0.25, -0.2) is 4.79 Å². The molecule has 3 saturated carbocycles. The second-order valence-corrected chi connectivity index (χ2v) is 20.4. The predicted molar refractivity (Wildman–Crippen MR) is 213 cm³/mol. The van der Waals surface area contributed by atoms with Gasteiger partial charge in [-0.1, -0.05) is 86.8 Å². The van der Waals surface area contributed by atoms with Crippen LogP contribution in [0.15, 0.2) is 11.6 Å². The number of hydrogen-bond donors (Lipinski definition) is 9. The Labute approximate surface area is 344 Å². The second-order valence-electron chi connectivity index (χ2n) is 20.4. The first-order valence-corrected chi connectivity index (χ1v) is 21.9. The number of fused-ring (bicyclic) bond motifs is 1. The van der Waals surface area contributed by atoms with E-state index >= 15 is 0 Å². The third-order valence-electron chi connectivity index (χ3n) is 16.4. The highest BCUT2D eigenvalue weighted by atomic mass is 16.8. The lowest BCUT2D eigenvalue weighted by Crippen LogP contribution is -2.66. The predicted octanol–water partition coefficient (Wildman–Crippen LogP) is 3.27. The highest BCUT2D eigenvalue weighted by molar-refractivity contribution is 5.73. The first-order valence-electron chi connectivity index (χ1n) is 21.9. The van der Waals surface area contributed by atoms with Crippen LogP contribution in [0, 0.1) is 44.8 Å². The van der Waals surface area contributed by atoms with Gasteiger partial charge in [-0.15, -0.1) is 0 Å². The van der Waals surface area contributed by atoms with E-state index in [0.29, 0.717) is 19.3 Å². The maximum absolute atomic E-state index is 12.2. The molecule has 5 aliphatic rings. The van der Waals surface area contributed by atoms with Gasteiger partial charge in [0.15, 0.2) is 18.7 Å². The van der Waals surface area contributed by atoms with Crippen molar-refractivity contribution in [3.05, 3.63) is 11.6 Å². The molecule has 0 aromatic heterocycles. The van der Waals surface area contributed by atoms with E-state index in [-0.39, 0.29) is 52.1 Å². The Morgan fingerprint density at radius 1 is 0.828 bits per heavy atom.